The van der Waals surface area contributed by atoms with Crippen molar-refractivity contribution in [1.29, 1.82) is 0 Å². The minimum Gasteiger partial charge on any atom is -0.484 e. The Labute approximate surface area is 351 Å². The van der Waals surface area contributed by atoms with Gasteiger partial charge in [0.25, 0.3) is 5.91 Å². The van der Waals surface area contributed by atoms with E-state index in [2.05, 4.69) is 40.2 Å². The lowest BCUT2D eigenvalue weighted by Crippen LogP contribution is -2.54. The van der Waals surface area contributed by atoms with Crippen LogP contribution in [0, 0.1) is 17.6 Å². The van der Waals surface area contributed by atoms with Gasteiger partial charge in [0.05, 0.1) is 23.4 Å². The number of benzene rings is 2. The summed E-state index contributed by atoms with van der Waals surface area (Å²) in [5, 5.41) is 10.5. The normalized spacial score (nSPS) is 23.4. The third-order valence-corrected chi connectivity index (χ3v) is 13.9. The zero-order valence-corrected chi connectivity index (χ0v) is 34.4. The van der Waals surface area contributed by atoms with Gasteiger partial charge in [-0.3, -0.25) is 29.7 Å². The number of alkyl halides is 1. The Hall–Kier alpha value is -5.29. The van der Waals surface area contributed by atoms with E-state index in [1.54, 1.807) is 24.5 Å². The van der Waals surface area contributed by atoms with Crippen LogP contribution in [0.15, 0.2) is 36.7 Å². The summed E-state index contributed by atoms with van der Waals surface area (Å²) in [6, 6.07) is 7.55. The maximum atomic E-state index is 16.3. The van der Waals surface area contributed by atoms with Crippen molar-refractivity contribution in [2.75, 3.05) is 75.2 Å². The van der Waals surface area contributed by atoms with Crippen molar-refractivity contribution in [2.24, 2.45) is 5.92 Å². The van der Waals surface area contributed by atoms with E-state index in [1.807, 2.05) is 17.9 Å². The fraction of sp³-hybridized carbons (Fsp3) is 0.545. The van der Waals surface area contributed by atoms with Crippen molar-refractivity contribution < 1.29 is 32.3 Å². The highest BCUT2D eigenvalue weighted by Crippen LogP contribution is 2.42. The largest absolute Gasteiger partial charge is 0.484 e. The first-order chi connectivity index (χ1) is 29.4. The van der Waals surface area contributed by atoms with Crippen LogP contribution in [0.2, 0.25) is 0 Å². The molecule has 3 amide bonds. The second-order valence-corrected chi connectivity index (χ2v) is 18.2. The molecule has 2 aromatic heterocycles. The van der Waals surface area contributed by atoms with Crippen LogP contribution in [0.1, 0.15) is 74.2 Å². The van der Waals surface area contributed by atoms with E-state index in [0.29, 0.717) is 87.2 Å². The summed E-state index contributed by atoms with van der Waals surface area (Å²) >= 11 is 0. The van der Waals surface area contributed by atoms with Gasteiger partial charge in [-0.05, 0) is 76.0 Å². The van der Waals surface area contributed by atoms with Crippen molar-refractivity contribution in [2.45, 2.75) is 82.1 Å². The van der Waals surface area contributed by atoms with E-state index in [4.69, 9.17) is 4.74 Å². The molecule has 4 saturated heterocycles. The number of aromatic nitrogens is 4. The van der Waals surface area contributed by atoms with Gasteiger partial charge in [0.2, 0.25) is 11.8 Å². The fourth-order valence-corrected chi connectivity index (χ4v) is 9.87. The number of H-pyrrole nitrogens is 1. The molecule has 2 aromatic carbocycles. The van der Waals surface area contributed by atoms with E-state index in [9.17, 15) is 18.8 Å². The number of likely N-dealkylation sites (tertiary alicyclic amines) is 1. The van der Waals surface area contributed by atoms with E-state index >= 15 is 8.78 Å². The molecule has 1 aliphatic carbocycles. The van der Waals surface area contributed by atoms with Gasteiger partial charge in [-0.15, -0.1) is 0 Å². The van der Waals surface area contributed by atoms with Crippen LogP contribution in [0.25, 0.3) is 22.3 Å². The Morgan fingerprint density at radius 3 is 2.38 bits per heavy atom. The second kappa shape index (κ2) is 15.6. The molecule has 0 spiro atoms. The zero-order valence-electron chi connectivity index (χ0n) is 34.4. The zero-order chi connectivity index (χ0) is 42.0. The van der Waals surface area contributed by atoms with Gasteiger partial charge in [0.1, 0.15) is 35.2 Å². The summed E-state index contributed by atoms with van der Waals surface area (Å²) in [4.78, 5) is 56.5. The molecule has 17 heteroatoms. The lowest BCUT2D eigenvalue weighted by Gasteiger charge is -2.43. The van der Waals surface area contributed by atoms with E-state index in [1.165, 1.54) is 11.0 Å². The molecule has 5 aliphatic heterocycles. The van der Waals surface area contributed by atoms with Crippen molar-refractivity contribution >= 4 is 40.1 Å². The molecule has 14 nitrogen and oxygen atoms in total. The van der Waals surface area contributed by atoms with Gasteiger partial charge in [-0.2, -0.15) is 5.10 Å². The Balaban J connectivity index is 0.683. The molecule has 7 heterocycles. The Morgan fingerprint density at radius 2 is 1.64 bits per heavy atom. The third-order valence-electron chi connectivity index (χ3n) is 13.9. The van der Waals surface area contributed by atoms with Crippen molar-refractivity contribution in [3.05, 3.63) is 59.4 Å². The standard InChI is InChI=1S/C44H51F3N10O4/c1-43(8-9-43)61-36-20-29-32(21-31(36)45)51-52-40(29)33-22-37(49-26-48-33)56-12-6-27(7-13-56)23-53-14-10-44(47,11-15-53)25-54-16-18-55(19-17-54)34-3-2-28-30(39(34)46)24-57(42(28)60)35-4-5-38(58)50-41(35)59/h2-3,20-22,26-27,35H,4-19,23-25H2,1H3,(H,51,52)(H,50,58,59). The van der Waals surface area contributed by atoms with Crippen LogP contribution in [-0.2, 0) is 16.1 Å². The summed E-state index contributed by atoms with van der Waals surface area (Å²) in [5.41, 5.74) is 1.22. The number of rotatable bonds is 10. The minimum atomic E-state index is -1.27. The number of anilines is 2. The predicted octanol–water partition coefficient (Wildman–Crippen LogP) is 4.83. The molecular weight excluding hydrogens is 790 g/mol. The highest BCUT2D eigenvalue weighted by atomic mass is 19.1. The first kappa shape index (κ1) is 39.8. The molecule has 61 heavy (non-hydrogen) atoms. The van der Waals surface area contributed by atoms with Crippen LogP contribution in [0.4, 0.5) is 24.7 Å². The van der Waals surface area contributed by atoms with Crippen molar-refractivity contribution in [1.82, 2.24) is 40.2 Å². The van der Waals surface area contributed by atoms with Gasteiger partial charge in [-0.1, -0.05) is 0 Å². The molecule has 322 valence electrons. The molecule has 0 radical (unpaired) electrons. The van der Waals surface area contributed by atoms with Crippen LogP contribution in [0.3, 0.4) is 0 Å². The van der Waals surface area contributed by atoms with Gasteiger partial charge in [0, 0.05) is 101 Å². The predicted molar refractivity (Wildman–Crippen MR) is 221 cm³/mol. The second-order valence-electron chi connectivity index (χ2n) is 18.2. The topological polar surface area (TPSA) is 143 Å². The molecule has 5 fully saturated rings. The van der Waals surface area contributed by atoms with Gasteiger partial charge < -0.3 is 24.3 Å². The number of carbonyl (C=O) groups excluding carboxylic acids is 3. The quantitative estimate of drug-likeness (QED) is 0.212. The highest BCUT2D eigenvalue weighted by molar-refractivity contribution is 6.05. The van der Waals surface area contributed by atoms with Crippen molar-refractivity contribution in [3.8, 4) is 17.1 Å². The number of piperidine rings is 3. The minimum absolute atomic E-state index is 0.0154. The maximum absolute atomic E-state index is 16.3. The summed E-state index contributed by atoms with van der Waals surface area (Å²) < 4.78 is 53.0. The Bertz CT molecular complexity index is 2370. The van der Waals surface area contributed by atoms with E-state index < -0.39 is 35.2 Å². The molecule has 1 unspecified atom stereocenters. The molecule has 10 rings (SSSR count). The number of piperazine rings is 1. The molecule has 1 saturated carbocycles. The maximum Gasteiger partial charge on any atom is 0.255 e. The first-order valence-electron chi connectivity index (χ1n) is 21.7. The Kier molecular flexibility index (Phi) is 10.2. The number of ether oxygens (including phenoxy) is 1. The average Bonchev–Trinajstić information content (AvgIpc) is 3.69. The third kappa shape index (κ3) is 7.90. The number of imide groups is 1. The van der Waals surface area contributed by atoms with Crippen molar-refractivity contribution in [3.63, 3.8) is 0 Å². The smallest absolute Gasteiger partial charge is 0.255 e. The average molecular weight is 841 g/mol. The lowest BCUT2D eigenvalue weighted by atomic mass is 9.90. The molecule has 1 atom stereocenters. The summed E-state index contributed by atoms with van der Waals surface area (Å²) in [7, 11) is 0. The van der Waals surface area contributed by atoms with Crippen LogP contribution >= 0.6 is 0 Å². The Morgan fingerprint density at radius 1 is 0.869 bits per heavy atom. The summed E-state index contributed by atoms with van der Waals surface area (Å²) in [6.07, 6.45) is 6.69. The summed E-state index contributed by atoms with van der Waals surface area (Å²) in [5.74, 6) is -0.604. The van der Waals surface area contributed by atoms with Gasteiger partial charge >= 0.3 is 0 Å². The molecule has 6 aliphatic rings. The number of fused-ring (bicyclic) bond motifs is 2. The number of nitrogens with one attached hydrogen (secondary N) is 2. The first-order valence-corrected chi connectivity index (χ1v) is 21.7. The number of aromatic amines is 1. The van der Waals surface area contributed by atoms with Crippen LogP contribution in [-0.4, -0.2) is 135 Å². The van der Waals surface area contributed by atoms with Crippen LogP contribution in [0.5, 0.6) is 5.75 Å². The van der Waals surface area contributed by atoms with Gasteiger partial charge in [0.15, 0.2) is 17.4 Å². The summed E-state index contributed by atoms with van der Waals surface area (Å²) in [6.45, 7) is 8.69. The number of amides is 3. The number of nitrogens with zero attached hydrogens (tertiary/aromatic N) is 8. The number of halogens is 3. The molecular formula is C44H51F3N10O4. The number of carbonyl (C=O) groups is 3. The van der Waals surface area contributed by atoms with E-state index in [-0.39, 0.29) is 47.8 Å². The number of hydrogen-bond donors (Lipinski definition) is 2. The highest BCUT2D eigenvalue weighted by Gasteiger charge is 2.43. The molecule has 2 N–H and O–H groups in total. The monoisotopic (exact) mass is 840 g/mol. The number of hydrogen-bond acceptors (Lipinski definition) is 11. The molecule has 4 aromatic rings. The van der Waals surface area contributed by atoms with Crippen LogP contribution < -0.4 is 19.9 Å². The van der Waals surface area contributed by atoms with E-state index in [0.717, 1.165) is 56.5 Å². The SMILES string of the molecule is CC1(Oc2cc3c(-c4cc(N5CCC(CN6CCC(F)(CN7CCN(c8ccc9c(c8F)CN(C8CCC(=O)NC8=O)C9=O)CC7)CC6)CC5)ncn4)n[nH]c3cc2F)CC1. The molecule has 0 bridgehead atoms. The lowest BCUT2D eigenvalue weighted by molar-refractivity contribution is -0.136. The fourth-order valence-electron chi connectivity index (χ4n) is 9.87. The van der Waals surface area contributed by atoms with Gasteiger partial charge in [-0.25, -0.2) is 23.1 Å².